The molecule has 0 N–H and O–H groups in total. The van der Waals surface area contributed by atoms with Crippen molar-refractivity contribution in [2.75, 3.05) is 6.26 Å². The molecule has 1 aromatic rings. The zero-order valence-corrected chi connectivity index (χ0v) is 7.88. The second kappa shape index (κ2) is 3.37. The minimum Gasteiger partial charge on any atom is -0.239 e. The number of rotatable bonds is 2. The maximum atomic E-state index is 10.9. The molecule has 0 saturated heterocycles. The Bertz CT molecular complexity index is 351. The van der Waals surface area contributed by atoms with Crippen molar-refractivity contribution < 1.29 is 8.42 Å². The molecule has 6 heteroatoms. The van der Waals surface area contributed by atoms with Gasteiger partial charge in [0.05, 0.1) is 0 Å². The highest BCUT2D eigenvalue weighted by molar-refractivity contribution is 7.92. The summed E-state index contributed by atoms with van der Waals surface area (Å²) < 4.78 is 20.7. The number of alkyl halides is 1. The molecule has 66 valence electrons. The van der Waals surface area contributed by atoms with Gasteiger partial charge in [-0.25, -0.2) is 18.4 Å². The van der Waals surface area contributed by atoms with E-state index in [1.165, 1.54) is 12.4 Å². The second-order valence-electron chi connectivity index (χ2n) is 2.25. The molecule has 0 aliphatic rings. The molecule has 0 radical (unpaired) electrons. The van der Waals surface area contributed by atoms with E-state index in [1.54, 1.807) is 6.07 Å². The fourth-order valence-corrected chi connectivity index (χ4v) is 1.24. The molecule has 1 aromatic heterocycles. The Kier molecular flexibility index (Phi) is 2.64. The molecule has 0 aromatic carbocycles. The van der Waals surface area contributed by atoms with Crippen LogP contribution in [0.1, 0.15) is 10.5 Å². The summed E-state index contributed by atoms with van der Waals surface area (Å²) in [5.74, 6) is 0.113. The van der Waals surface area contributed by atoms with E-state index in [1.807, 2.05) is 0 Å². The van der Waals surface area contributed by atoms with Gasteiger partial charge in [-0.15, -0.1) is 0 Å². The lowest BCUT2D eigenvalue weighted by molar-refractivity contribution is 0.598. The zero-order chi connectivity index (χ0) is 9.19. The number of hydrogen-bond acceptors (Lipinski definition) is 4. The van der Waals surface area contributed by atoms with Crippen molar-refractivity contribution in [3.05, 3.63) is 24.3 Å². The maximum absolute atomic E-state index is 10.9. The van der Waals surface area contributed by atoms with Gasteiger partial charge in [0.2, 0.25) is 0 Å². The first-order chi connectivity index (χ1) is 5.52. The molecule has 1 atom stereocenters. The van der Waals surface area contributed by atoms with Crippen LogP contribution >= 0.6 is 11.6 Å². The third kappa shape index (κ3) is 2.15. The summed E-state index contributed by atoms with van der Waals surface area (Å²) >= 11 is 5.57. The number of halogens is 1. The van der Waals surface area contributed by atoms with E-state index in [0.717, 1.165) is 6.26 Å². The van der Waals surface area contributed by atoms with E-state index in [2.05, 4.69) is 9.97 Å². The van der Waals surface area contributed by atoms with E-state index in [-0.39, 0.29) is 5.82 Å². The molecule has 0 fully saturated rings. The summed E-state index contributed by atoms with van der Waals surface area (Å²) in [5, 5.41) is 0. The van der Waals surface area contributed by atoms with Crippen molar-refractivity contribution in [2.45, 2.75) is 4.71 Å². The number of aromatic nitrogens is 2. The standard InChI is InChI=1S/C6H7ClN2O2S/c1-12(10,11)5(7)6-8-3-2-4-9-6/h2-5H,1H3. The van der Waals surface area contributed by atoms with Crippen molar-refractivity contribution >= 4 is 21.4 Å². The average molecular weight is 207 g/mol. The highest BCUT2D eigenvalue weighted by atomic mass is 35.5. The van der Waals surface area contributed by atoms with Gasteiger partial charge in [-0.05, 0) is 6.07 Å². The predicted molar refractivity (Wildman–Crippen MR) is 45.5 cm³/mol. The summed E-state index contributed by atoms with van der Waals surface area (Å²) in [7, 11) is -3.32. The van der Waals surface area contributed by atoms with Gasteiger partial charge in [0.15, 0.2) is 20.4 Å². The third-order valence-electron chi connectivity index (χ3n) is 1.16. The van der Waals surface area contributed by atoms with Crippen LogP contribution in [0.3, 0.4) is 0 Å². The highest BCUT2D eigenvalue weighted by Gasteiger charge is 2.21. The molecule has 0 aliphatic heterocycles. The van der Waals surface area contributed by atoms with E-state index >= 15 is 0 Å². The summed E-state index contributed by atoms with van der Waals surface area (Å²) in [4.78, 5) is 7.45. The Labute approximate surface area is 75.5 Å². The van der Waals surface area contributed by atoms with Crippen LogP contribution < -0.4 is 0 Å². The first kappa shape index (κ1) is 9.41. The van der Waals surface area contributed by atoms with Crippen LogP contribution in [0.5, 0.6) is 0 Å². The summed E-state index contributed by atoms with van der Waals surface area (Å²) in [6.07, 6.45) is 3.94. The van der Waals surface area contributed by atoms with Crippen molar-refractivity contribution in [3.63, 3.8) is 0 Å². The van der Waals surface area contributed by atoms with Crippen molar-refractivity contribution in [1.29, 1.82) is 0 Å². The Morgan fingerprint density at radius 3 is 2.33 bits per heavy atom. The van der Waals surface area contributed by atoms with Gasteiger partial charge < -0.3 is 0 Å². The largest absolute Gasteiger partial charge is 0.239 e. The molecule has 0 bridgehead atoms. The molecule has 1 unspecified atom stereocenters. The predicted octanol–water partition coefficient (Wildman–Crippen LogP) is 0.759. The van der Waals surface area contributed by atoms with Crippen LogP contribution in [0.4, 0.5) is 0 Å². The summed E-state index contributed by atoms with van der Waals surface area (Å²) in [6, 6.07) is 1.59. The maximum Gasteiger partial charge on any atom is 0.194 e. The normalized spacial score (nSPS) is 14.2. The zero-order valence-electron chi connectivity index (χ0n) is 6.31. The van der Waals surface area contributed by atoms with Crippen LogP contribution in [-0.2, 0) is 9.84 Å². The van der Waals surface area contributed by atoms with Crippen LogP contribution in [0, 0.1) is 0 Å². The number of hydrogen-bond donors (Lipinski definition) is 0. The molecule has 0 amide bonds. The molecule has 12 heavy (non-hydrogen) atoms. The average Bonchev–Trinajstić information content (AvgIpc) is 2.03. The Balaban J connectivity index is 3.02. The quantitative estimate of drug-likeness (QED) is 0.671. The van der Waals surface area contributed by atoms with E-state index in [0.29, 0.717) is 0 Å². The number of nitrogens with zero attached hydrogens (tertiary/aromatic N) is 2. The molecular weight excluding hydrogens is 200 g/mol. The molecule has 0 aliphatic carbocycles. The minimum absolute atomic E-state index is 0.113. The van der Waals surface area contributed by atoms with Crippen LogP contribution in [0.25, 0.3) is 0 Å². The Morgan fingerprint density at radius 2 is 1.92 bits per heavy atom. The van der Waals surface area contributed by atoms with Crippen molar-refractivity contribution in [1.82, 2.24) is 9.97 Å². The fraction of sp³-hybridized carbons (Fsp3) is 0.333. The Hall–Kier alpha value is -0.680. The lowest BCUT2D eigenvalue weighted by Gasteiger charge is -2.03. The van der Waals surface area contributed by atoms with Crippen LogP contribution in [0.2, 0.25) is 0 Å². The van der Waals surface area contributed by atoms with E-state index in [4.69, 9.17) is 11.6 Å². The fourth-order valence-electron chi connectivity index (χ4n) is 0.619. The SMILES string of the molecule is CS(=O)(=O)C(Cl)c1ncccn1. The van der Waals surface area contributed by atoms with Gasteiger partial charge in [-0.3, -0.25) is 0 Å². The lowest BCUT2D eigenvalue weighted by atomic mass is 10.6. The van der Waals surface area contributed by atoms with Crippen LogP contribution in [-0.4, -0.2) is 24.6 Å². The van der Waals surface area contributed by atoms with Gasteiger partial charge in [-0.1, -0.05) is 11.6 Å². The molecular formula is C6H7ClN2O2S. The first-order valence-electron chi connectivity index (χ1n) is 3.11. The Morgan fingerprint density at radius 1 is 1.42 bits per heavy atom. The molecule has 4 nitrogen and oxygen atoms in total. The van der Waals surface area contributed by atoms with Gasteiger partial charge in [-0.2, -0.15) is 0 Å². The molecule has 0 spiro atoms. The van der Waals surface area contributed by atoms with E-state index < -0.39 is 14.5 Å². The van der Waals surface area contributed by atoms with E-state index in [9.17, 15) is 8.42 Å². The monoisotopic (exact) mass is 206 g/mol. The van der Waals surface area contributed by atoms with Crippen molar-refractivity contribution in [2.24, 2.45) is 0 Å². The van der Waals surface area contributed by atoms with Crippen molar-refractivity contribution in [3.8, 4) is 0 Å². The van der Waals surface area contributed by atoms with Crippen LogP contribution in [0.15, 0.2) is 18.5 Å². The third-order valence-corrected chi connectivity index (χ3v) is 3.29. The smallest absolute Gasteiger partial charge is 0.194 e. The van der Waals surface area contributed by atoms with Gasteiger partial charge in [0.1, 0.15) is 0 Å². The highest BCUT2D eigenvalue weighted by Crippen LogP contribution is 2.21. The molecule has 1 rings (SSSR count). The minimum atomic E-state index is -3.32. The summed E-state index contributed by atoms with van der Waals surface area (Å²) in [6.45, 7) is 0. The topological polar surface area (TPSA) is 59.9 Å². The number of sulfone groups is 1. The lowest BCUT2D eigenvalue weighted by Crippen LogP contribution is -2.08. The summed E-state index contributed by atoms with van der Waals surface area (Å²) in [5.41, 5.74) is 0. The molecule has 1 heterocycles. The second-order valence-corrected chi connectivity index (χ2v) is 5.08. The van der Waals surface area contributed by atoms with Gasteiger partial charge >= 0.3 is 0 Å². The molecule has 0 saturated carbocycles. The van der Waals surface area contributed by atoms with Gasteiger partial charge in [0.25, 0.3) is 0 Å². The van der Waals surface area contributed by atoms with Gasteiger partial charge in [0, 0.05) is 18.6 Å². The first-order valence-corrected chi connectivity index (χ1v) is 5.51.